The lowest BCUT2D eigenvalue weighted by Gasteiger charge is -2.08. The molecule has 1 rings (SSSR count). The van der Waals surface area contributed by atoms with E-state index in [0.29, 0.717) is 17.9 Å². The summed E-state index contributed by atoms with van der Waals surface area (Å²) in [5.74, 6) is 1.31. The molecule has 0 aliphatic heterocycles. The van der Waals surface area contributed by atoms with Crippen molar-refractivity contribution in [3.05, 3.63) is 23.8 Å². The van der Waals surface area contributed by atoms with Gasteiger partial charge in [-0.3, -0.25) is 4.79 Å². The van der Waals surface area contributed by atoms with E-state index in [2.05, 4.69) is 6.92 Å². The van der Waals surface area contributed by atoms with Gasteiger partial charge in [-0.1, -0.05) is 32.6 Å². The molecule has 0 atom stereocenters. The van der Waals surface area contributed by atoms with Gasteiger partial charge >= 0.3 is 0 Å². The van der Waals surface area contributed by atoms with Crippen molar-refractivity contribution >= 4 is 6.29 Å². The first kappa shape index (κ1) is 14.6. The lowest BCUT2D eigenvalue weighted by Crippen LogP contribution is -1.98. The van der Waals surface area contributed by atoms with Crippen LogP contribution in [0.25, 0.3) is 0 Å². The number of carbonyl (C=O) groups excluding carboxylic acids is 1. The number of ether oxygens (including phenoxy) is 2. The fourth-order valence-corrected chi connectivity index (χ4v) is 1.79. The minimum Gasteiger partial charge on any atom is -0.496 e. The summed E-state index contributed by atoms with van der Waals surface area (Å²) < 4.78 is 10.7. The van der Waals surface area contributed by atoms with Crippen molar-refractivity contribution in [2.75, 3.05) is 13.7 Å². The van der Waals surface area contributed by atoms with E-state index in [0.717, 1.165) is 18.5 Å². The second-order valence-electron chi connectivity index (χ2n) is 4.28. The molecule has 100 valence electrons. The Balaban J connectivity index is 2.36. The highest BCUT2D eigenvalue weighted by molar-refractivity contribution is 5.80. The fourth-order valence-electron chi connectivity index (χ4n) is 1.79. The van der Waals surface area contributed by atoms with Crippen LogP contribution in [0.3, 0.4) is 0 Å². The van der Waals surface area contributed by atoms with Gasteiger partial charge in [0.1, 0.15) is 11.5 Å². The molecule has 0 bridgehead atoms. The molecule has 0 saturated heterocycles. The third kappa shape index (κ3) is 4.78. The van der Waals surface area contributed by atoms with Gasteiger partial charge in [-0.25, -0.2) is 0 Å². The number of benzene rings is 1. The number of aldehydes is 1. The third-order valence-corrected chi connectivity index (χ3v) is 2.84. The highest BCUT2D eigenvalue weighted by atomic mass is 16.5. The number of hydrogen-bond donors (Lipinski definition) is 0. The zero-order valence-corrected chi connectivity index (χ0v) is 11.3. The standard InChI is InChI=1S/C15H22O3/c1-3-4-5-6-7-10-18-14-8-9-15(17-2)13(11-14)12-16/h8-9,11-12H,3-7,10H2,1-2H3. The van der Waals surface area contributed by atoms with E-state index in [9.17, 15) is 4.79 Å². The van der Waals surface area contributed by atoms with Crippen molar-refractivity contribution in [3.63, 3.8) is 0 Å². The Labute approximate surface area is 109 Å². The normalized spacial score (nSPS) is 10.1. The van der Waals surface area contributed by atoms with Gasteiger partial charge in [0.15, 0.2) is 6.29 Å². The predicted octanol–water partition coefficient (Wildman–Crippen LogP) is 3.86. The largest absolute Gasteiger partial charge is 0.496 e. The van der Waals surface area contributed by atoms with Crippen molar-refractivity contribution in [3.8, 4) is 11.5 Å². The first-order valence-corrected chi connectivity index (χ1v) is 6.57. The van der Waals surface area contributed by atoms with Gasteiger partial charge in [-0.2, -0.15) is 0 Å². The average molecular weight is 250 g/mol. The molecule has 0 heterocycles. The molecular formula is C15H22O3. The molecule has 0 aromatic heterocycles. The number of carbonyl (C=O) groups is 1. The summed E-state index contributed by atoms with van der Waals surface area (Å²) in [4.78, 5) is 10.9. The molecule has 0 N–H and O–H groups in total. The van der Waals surface area contributed by atoms with E-state index < -0.39 is 0 Å². The number of rotatable bonds is 9. The predicted molar refractivity (Wildman–Crippen MR) is 72.6 cm³/mol. The van der Waals surface area contributed by atoms with Crippen molar-refractivity contribution in [2.45, 2.75) is 39.0 Å². The van der Waals surface area contributed by atoms with Crippen LogP contribution >= 0.6 is 0 Å². The van der Waals surface area contributed by atoms with Crippen molar-refractivity contribution in [1.29, 1.82) is 0 Å². The van der Waals surface area contributed by atoms with Gasteiger partial charge in [0.05, 0.1) is 19.3 Å². The van der Waals surface area contributed by atoms with E-state index in [1.165, 1.54) is 25.7 Å². The van der Waals surface area contributed by atoms with Gasteiger partial charge in [-0.15, -0.1) is 0 Å². The van der Waals surface area contributed by atoms with Crippen molar-refractivity contribution in [2.24, 2.45) is 0 Å². The summed E-state index contributed by atoms with van der Waals surface area (Å²) >= 11 is 0. The maximum absolute atomic E-state index is 10.9. The first-order valence-electron chi connectivity index (χ1n) is 6.57. The summed E-state index contributed by atoms with van der Waals surface area (Å²) in [6.45, 7) is 2.91. The van der Waals surface area contributed by atoms with Crippen molar-refractivity contribution < 1.29 is 14.3 Å². The van der Waals surface area contributed by atoms with Crippen molar-refractivity contribution in [1.82, 2.24) is 0 Å². The van der Waals surface area contributed by atoms with Gasteiger partial charge in [0.2, 0.25) is 0 Å². The smallest absolute Gasteiger partial charge is 0.153 e. The lowest BCUT2D eigenvalue weighted by molar-refractivity contribution is 0.112. The Morgan fingerprint density at radius 3 is 2.61 bits per heavy atom. The van der Waals surface area contributed by atoms with Gasteiger partial charge in [0.25, 0.3) is 0 Å². The van der Waals surface area contributed by atoms with E-state index in [-0.39, 0.29) is 0 Å². The van der Waals surface area contributed by atoms with Crippen LogP contribution in [0.1, 0.15) is 49.4 Å². The Morgan fingerprint density at radius 1 is 1.17 bits per heavy atom. The van der Waals surface area contributed by atoms with E-state index in [4.69, 9.17) is 9.47 Å². The molecule has 18 heavy (non-hydrogen) atoms. The van der Waals surface area contributed by atoms with Gasteiger partial charge in [0, 0.05) is 0 Å². The Morgan fingerprint density at radius 2 is 1.94 bits per heavy atom. The monoisotopic (exact) mass is 250 g/mol. The van der Waals surface area contributed by atoms with E-state index in [1.807, 2.05) is 6.07 Å². The number of hydrogen-bond acceptors (Lipinski definition) is 3. The molecule has 1 aromatic carbocycles. The number of methoxy groups -OCH3 is 1. The van der Waals surface area contributed by atoms with Crippen LogP contribution in [0.5, 0.6) is 11.5 Å². The van der Waals surface area contributed by atoms with Crippen LogP contribution in [0.2, 0.25) is 0 Å². The van der Waals surface area contributed by atoms with E-state index in [1.54, 1.807) is 19.2 Å². The summed E-state index contributed by atoms with van der Waals surface area (Å²) in [7, 11) is 1.55. The molecule has 0 aliphatic rings. The zero-order chi connectivity index (χ0) is 13.2. The fraction of sp³-hybridized carbons (Fsp3) is 0.533. The Kier molecular flexibility index (Phi) is 6.92. The molecule has 1 aromatic rings. The molecule has 0 fully saturated rings. The minimum atomic E-state index is 0.529. The van der Waals surface area contributed by atoms with Crippen LogP contribution in [-0.4, -0.2) is 20.0 Å². The van der Waals surface area contributed by atoms with Gasteiger partial charge in [-0.05, 0) is 24.6 Å². The molecule has 0 saturated carbocycles. The summed E-state index contributed by atoms with van der Waals surface area (Å²) in [5.41, 5.74) is 0.529. The summed E-state index contributed by atoms with van der Waals surface area (Å²) in [6.07, 6.45) is 6.85. The second kappa shape index (κ2) is 8.56. The molecule has 0 spiro atoms. The third-order valence-electron chi connectivity index (χ3n) is 2.84. The van der Waals surface area contributed by atoms with Gasteiger partial charge < -0.3 is 9.47 Å². The average Bonchev–Trinajstić information content (AvgIpc) is 2.42. The van der Waals surface area contributed by atoms with Crippen LogP contribution < -0.4 is 9.47 Å². The van der Waals surface area contributed by atoms with Crippen LogP contribution in [0, 0.1) is 0 Å². The Hall–Kier alpha value is -1.51. The molecule has 3 heteroatoms. The molecule has 0 amide bonds. The Bertz CT molecular complexity index is 361. The molecule has 0 unspecified atom stereocenters. The SMILES string of the molecule is CCCCCCCOc1ccc(OC)c(C=O)c1. The maximum atomic E-state index is 10.9. The topological polar surface area (TPSA) is 35.5 Å². The van der Waals surface area contributed by atoms with Crippen LogP contribution in [0.4, 0.5) is 0 Å². The van der Waals surface area contributed by atoms with E-state index >= 15 is 0 Å². The lowest BCUT2D eigenvalue weighted by atomic mass is 10.2. The molecule has 0 aliphatic carbocycles. The highest BCUT2D eigenvalue weighted by Gasteiger charge is 2.03. The van der Waals surface area contributed by atoms with Crippen LogP contribution in [-0.2, 0) is 0 Å². The van der Waals surface area contributed by atoms with Crippen LogP contribution in [0.15, 0.2) is 18.2 Å². The molecule has 3 nitrogen and oxygen atoms in total. The maximum Gasteiger partial charge on any atom is 0.153 e. The summed E-state index contributed by atoms with van der Waals surface area (Å²) in [6, 6.07) is 5.31. The first-order chi connectivity index (χ1) is 8.81. The molecule has 0 radical (unpaired) electrons. The highest BCUT2D eigenvalue weighted by Crippen LogP contribution is 2.22. The zero-order valence-electron chi connectivity index (χ0n) is 11.3. The quantitative estimate of drug-likeness (QED) is 0.493. The number of unbranched alkanes of at least 4 members (excludes halogenated alkanes) is 4. The minimum absolute atomic E-state index is 0.529. The second-order valence-corrected chi connectivity index (χ2v) is 4.28. The summed E-state index contributed by atoms with van der Waals surface area (Å²) in [5, 5.41) is 0. The molecular weight excluding hydrogens is 228 g/mol.